The van der Waals surface area contributed by atoms with Gasteiger partial charge in [0.2, 0.25) is 0 Å². The zero-order valence-corrected chi connectivity index (χ0v) is 57.3. The van der Waals surface area contributed by atoms with Crippen LogP contribution in [0.4, 0.5) is 11.6 Å². The van der Waals surface area contributed by atoms with Crippen LogP contribution in [0.3, 0.4) is 0 Å². The van der Waals surface area contributed by atoms with E-state index in [1.165, 1.54) is 200 Å². The van der Waals surface area contributed by atoms with Crippen molar-refractivity contribution >= 4 is 49.2 Å². The summed E-state index contributed by atoms with van der Waals surface area (Å²) < 4.78 is 80.3. The molecular formula is C66H116N10O12P2. The van der Waals surface area contributed by atoms with E-state index in [1.54, 1.807) is 41.0 Å². The van der Waals surface area contributed by atoms with Gasteiger partial charge in [-0.25, -0.2) is 34.5 Å². The van der Waals surface area contributed by atoms with E-state index in [2.05, 4.69) is 43.8 Å². The summed E-state index contributed by atoms with van der Waals surface area (Å²) in [6, 6.07) is 8.96. The van der Waals surface area contributed by atoms with Gasteiger partial charge in [0.05, 0.1) is 77.6 Å². The zero-order valence-electron chi connectivity index (χ0n) is 55.5. The van der Waals surface area contributed by atoms with Gasteiger partial charge in [0.1, 0.15) is 35.8 Å². The van der Waals surface area contributed by atoms with Gasteiger partial charge in [-0.3, -0.25) is 9.09 Å². The molecule has 22 nitrogen and oxygen atoms in total. The number of imidazole rings is 2. The van der Waals surface area contributed by atoms with Crippen LogP contribution in [-0.4, -0.2) is 136 Å². The molecule has 90 heavy (non-hydrogen) atoms. The summed E-state index contributed by atoms with van der Waals surface area (Å²) >= 11 is 0. The summed E-state index contributed by atoms with van der Waals surface area (Å²) in [5.41, 5.74) is 13.9. The minimum absolute atomic E-state index is 0.0350. The third-order valence-corrected chi connectivity index (χ3v) is 18.2. The van der Waals surface area contributed by atoms with Crippen molar-refractivity contribution in [1.29, 1.82) is 0 Å². The molecular weight excluding hydrogens is 1190 g/mol. The molecule has 0 aliphatic heterocycles. The van der Waals surface area contributed by atoms with Crippen LogP contribution in [0.25, 0.3) is 22.3 Å². The number of fused-ring (bicyclic) bond motifs is 2. The average Bonchev–Trinajstić information content (AvgIpc) is 3.21. The molecule has 0 aliphatic carbocycles. The Kier molecular flexibility index (Phi) is 43.8. The summed E-state index contributed by atoms with van der Waals surface area (Å²) in [5, 5.41) is 0. The Bertz CT molecular complexity index is 2620. The standard InChI is InChI=1S/C36H60N5O6P.C30H56N5O6P/c1-3-4-5-6-7-8-9-10-11-12-13-14-15-16-17-21-24-44-25-26-46-48(42,47-32-22-19-18-20-23-32)31-45-33(28-43-2)27-41-30-40-34-35(37)38-29-39-36(34)41;1-3-4-5-6-7-8-9-10-11-12-13-14-15-16-17-18-19-39-20-21-41-42(36,37)26-40-27(23-38-2)22-35-25-34-28-29(31)32-24-33-30(28)35/h18-20,22-23,29-30,33H,3-17,21,24-28,31H2,1-2H3,(H2,37,38,39);24-25,27H,3-23,26H2,1-2H3,(H,36,37)(H2,31,32,33)/t33-,48?;27-/m00/s1. The molecule has 0 bridgehead atoms. The SMILES string of the molecule is CCCCCCCCCCCCCCCCCCOCCOP(=O)(CO[C@H](COC)Cn1cnc2c(N)ncnc21)Oc1ccccc1.CCCCCCCCCCCCCCCCCCOCCOP(=O)(O)CO[C@H](COC)Cn1cnc2c(N)ncnc21. The topological polar surface area (TPSA) is 277 Å². The number of rotatable bonds is 58. The Labute approximate surface area is 539 Å². The summed E-state index contributed by atoms with van der Waals surface area (Å²) in [5.74, 6) is 1.02. The monoisotopic (exact) mass is 1300 g/mol. The van der Waals surface area contributed by atoms with E-state index in [9.17, 15) is 14.0 Å². The van der Waals surface area contributed by atoms with E-state index in [0.29, 0.717) is 66.8 Å². The highest BCUT2D eigenvalue weighted by Crippen LogP contribution is 2.48. The molecule has 512 valence electrons. The fourth-order valence-electron chi connectivity index (χ4n) is 10.5. The van der Waals surface area contributed by atoms with Gasteiger partial charge in [0, 0.05) is 27.4 Å². The molecule has 5 N–H and O–H groups in total. The second kappa shape index (κ2) is 50.3. The smallest absolute Gasteiger partial charge is 0.404 e. The Morgan fingerprint density at radius 1 is 0.456 bits per heavy atom. The Morgan fingerprint density at radius 2 is 0.822 bits per heavy atom. The van der Waals surface area contributed by atoms with E-state index in [0.717, 1.165) is 25.7 Å². The molecule has 0 spiro atoms. The lowest BCUT2D eigenvalue weighted by Gasteiger charge is -2.23. The lowest BCUT2D eigenvalue weighted by Crippen LogP contribution is -2.26. The Morgan fingerprint density at radius 3 is 1.21 bits per heavy atom. The molecule has 4 atom stereocenters. The van der Waals surface area contributed by atoms with Gasteiger partial charge in [-0.05, 0) is 25.0 Å². The Balaban J connectivity index is 0.000000388. The molecule has 5 rings (SSSR count). The van der Waals surface area contributed by atoms with E-state index in [1.807, 2.05) is 18.2 Å². The lowest BCUT2D eigenvalue weighted by atomic mass is 10.0. The molecule has 4 aromatic heterocycles. The van der Waals surface area contributed by atoms with Crippen molar-refractivity contribution in [2.24, 2.45) is 0 Å². The van der Waals surface area contributed by atoms with E-state index >= 15 is 0 Å². The lowest BCUT2D eigenvalue weighted by molar-refractivity contribution is 0.00122. The quantitative estimate of drug-likeness (QED) is 0.0241. The van der Waals surface area contributed by atoms with Gasteiger partial charge in [-0.2, -0.15) is 0 Å². The average molecular weight is 1300 g/mol. The van der Waals surface area contributed by atoms with Crippen LogP contribution in [0, 0.1) is 0 Å². The summed E-state index contributed by atoms with van der Waals surface area (Å²) in [4.78, 5) is 35.1. The molecule has 0 saturated carbocycles. The molecule has 0 aliphatic rings. The number of methoxy groups -OCH3 is 2. The molecule has 0 radical (unpaired) electrons. The van der Waals surface area contributed by atoms with E-state index in [4.69, 9.17) is 53.5 Å². The minimum Gasteiger partial charge on any atom is -0.423 e. The van der Waals surface area contributed by atoms with Crippen molar-refractivity contribution in [1.82, 2.24) is 39.0 Å². The van der Waals surface area contributed by atoms with Gasteiger partial charge >= 0.3 is 15.2 Å². The number of hydrogen-bond donors (Lipinski definition) is 3. The highest BCUT2D eigenvalue weighted by atomic mass is 31.2. The first-order valence-electron chi connectivity index (χ1n) is 34.1. The number of nitrogens with two attached hydrogens (primary N) is 2. The number of nitrogen functional groups attached to an aromatic ring is 2. The number of aromatic nitrogens is 8. The van der Waals surface area contributed by atoms with Crippen LogP contribution in [0.5, 0.6) is 5.75 Å². The number of benzene rings is 1. The number of unbranched alkanes of at least 4 members (excludes halogenated alkanes) is 30. The molecule has 4 heterocycles. The number of anilines is 2. The molecule has 0 amide bonds. The third kappa shape index (κ3) is 35.7. The van der Waals surface area contributed by atoms with Crippen LogP contribution in [0.15, 0.2) is 55.6 Å². The minimum atomic E-state index is -3.94. The van der Waals surface area contributed by atoms with Crippen LogP contribution in [-0.2, 0) is 59.7 Å². The first kappa shape index (κ1) is 78.3. The third-order valence-electron chi connectivity index (χ3n) is 15.6. The number of nitrogens with zero attached hydrogens (tertiary/aromatic N) is 8. The van der Waals surface area contributed by atoms with Crippen LogP contribution in [0.1, 0.15) is 219 Å². The molecule has 5 aromatic rings. The largest absolute Gasteiger partial charge is 0.423 e. The predicted octanol–water partition coefficient (Wildman–Crippen LogP) is 15.8. The summed E-state index contributed by atoms with van der Waals surface area (Å²) in [6.07, 6.45) is 46.9. The molecule has 2 unspecified atom stereocenters. The van der Waals surface area contributed by atoms with Gasteiger partial charge in [-0.1, -0.05) is 225 Å². The zero-order chi connectivity index (χ0) is 64.4. The fraction of sp³-hybridized carbons (Fsp3) is 0.758. The van der Waals surface area contributed by atoms with Crippen molar-refractivity contribution in [3.8, 4) is 5.75 Å². The normalized spacial score (nSPS) is 13.7. The van der Waals surface area contributed by atoms with Crippen molar-refractivity contribution in [2.75, 3.05) is 91.2 Å². The van der Waals surface area contributed by atoms with Crippen molar-refractivity contribution in [3.05, 3.63) is 55.6 Å². The van der Waals surface area contributed by atoms with Gasteiger partial charge in [0.15, 0.2) is 29.3 Å². The second-order valence-electron chi connectivity index (χ2n) is 23.6. The van der Waals surface area contributed by atoms with Crippen molar-refractivity contribution in [3.63, 3.8) is 0 Å². The van der Waals surface area contributed by atoms with Gasteiger partial charge < -0.3 is 63.0 Å². The first-order chi connectivity index (χ1) is 44.0. The van der Waals surface area contributed by atoms with Crippen molar-refractivity contribution in [2.45, 2.75) is 245 Å². The van der Waals surface area contributed by atoms with E-state index < -0.39 is 33.7 Å². The molecule has 0 fully saturated rings. The maximum absolute atomic E-state index is 13.8. The highest BCUT2D eigenvalue weighted by Gasteiger charge is 2.30. The first-order valence-corrected chi connectivity index (χ1v) is 37.6. The fourth-order valence-corrected chi connectivity index (χ4v) is 12.7. The molecule has 24 heteroatoms. The van der Waals surface area contributed by atoms with Crippen LogP contribution in [0.2, 0.25) is 0 Å². The number of para-hydroxylation sites is 1. The summed E-state index contributed by atoms with van der Waals surface area (Å²) in [6.45, 7) is 7.71. The maximum atomic E-state index is 13.8. The van der Waals surface area contributed by atoms with Crippen LogP contribution < -0.4 is 16.0 Å². The molecule has 1 aromatic carbocycles. The summed E-state index contributed by atoms with van der Waals surface area (Å²) in [7, 11) is -4.51. The van der Waals surface area contributed by atoms with Crippen molar-refractivity contribution < 1.29 is 56.0 Å². The van der Waals surface area contributed by atoms with E-state index in [-0.39, 0.29) is 45.2 Å². The number of ether oxygens (including phenoxy) is 6. The second-order valence-corrected chi connectivity index (χ2v) is 27.3. The van der Waals surface area contributed by atoms with Gasteiger partial charge in [-0.15, -0.1) is 0 Å². The van der Waals surface area contributed by atoms with Crippen LogP contribution >= 0.6 is 15.2 Å². The highest BCUT2D eigenvalue weighted by molar-refractivity contribution is 7.54. The van der Waals surface area contributed by atoms with Gasteiger partial charge in [0.25, 0.3) is 0 Å². The molecule has 0 saturated heterocycles. The predicted molar refractivity (Wildman–Crippen MR) is 360 cm³/mol. The maximum Gasteiger partial charge on any atom is 0.404 e. The number of hydrogen-bond acceptors (Lipinski definition) is 19. The Hall–Kier alpha value is -4.18.